The van der Waals surface area contributed by atoms with Crippen molar-refractivity contribution in [1.29, 1.82) is 0 Å². The second-order valence-corrected chi connectivity index (χ2v) is 6.71. The number of alkyl carbamates (subject to hydrolysis) is 1. The van der Waals surface area contributed by atoms with E-state index in [9.17, 15) is 24.0 Å². The number of nitrogens with one attached hydrogen (secondary N) is 1. The second-order valence-electron chi connectivity index (χ2n) is 6.71. The number of hydrogen-bond acceptors (Lipinski definition) is 12. The van der Waals surface area contributed by atoms with Gasteiger partial charge in [0.25, 0.3) is 0 Å². The van der Waals surface area contributed by atoms with Crippen molar-refractivity contribution in [2.45, 2.75) is 78.5 Å². The van der Waals surface area contributed by atoms with Crippen LogP contribution >= 0.6 is 0 Å². The molecule has 0 spiro atoms. The molecule has 1 rings (SSSR count). The summed E-state index contributed by atoms with van der Waals surface area (Å²) >= 11 is 0. The smallest absolute Gasteiger partial charge is 0.409 e. The number of ether oxygens (including phenoxy) is 7. The fourth-order valence-corrected chi connectivity index (χ4v) is 2.87. The second kappa shape index (κ2) is 12.8. The minimum absolute atomic E-state index is 0.123. The van der Waals surface area contributed by atoms with Gasteiger partial charge in [0.2, 0.25) is 6.29 Å². The highest BCUT2D eigenvalue weighted by Crippen LogP contribution is 2.30. The lowest BCUT2D eigenvalue weighted by atomic mass is 9.98. The predicted octanol–water partition coefficient (Wildman–Crippen LogP) is 0.178. The molecule has 0 aromatic rings. The Morgan fingerprint density at radius 1 is 0.812 bits per heavy atom. The fourth-order valence-electron chi connectivity index (χ4n) is 2.87. The van der Waals surface area contributed by atoms with Gasteiger partial charge in [0, 0.05) is 27.7 Å². The Kier molecular flexibility index (Phi) is 10.9. The summed E-state index contributed by atoms with van der Waals surface area (Å²) in [5.74, 6) is -2.93. The molecule has 1 unspecified atom stereocenters. The Morgan fingerprint density at radius 3 is 1.84 bits per heavy atom. The number of amides is 1. The van der Waals surface area contributed by atoms with E-state index in [-0.39, 0.29) is 6.61 Å². The molecular formula is C19H29NO12. The van der Waals surface area contributed by atoms with Crippen LogP contribution in [-0.2, 0) is 52.3 Å². The summed E-state index contributed by atoms with van der Waals surface area (Å²) in [4.78, 5) is 58.1. The normalized spacial score (nSPS) is 25.6. The lowest BCUT2D eigenvalue weighted by Crippen LogP contribution is -2.63. The van der Waals surface area contributed by atoms with Crippen molar-refractivity contribution in [1.82, 2.24) is 5.32 Å². The number of hydrogen-bond donors (Lipinski definition) is 1. The summed E-state index contributed by atoms with van der Waals surface area (Å²) < 4.78 is 36.9. The summed E-state index contributed by atoms with van der Waals surface area (Å²) in [6.07, 6.45) is -8.39. The van der Waals surface area contributed by atoms with Crippen LogP contribution < -0.4 is 5.32 Å². The number of carbonyl (C=O) groups is 5. The van der Waals surface area contributed by atoms with E-state index in [1.165, 1.54) is 6.92 Å². The van der Waals surface area contributed by atoms with Gasteiger partial charge < -0.3 is 33.2 Å². The zero-order valence-corrected chi connectivity index (χ0v) is 18.8. The Morgan fingerprint density at radius 2 is 1.34 bits per heavy atom. The zero-order chi connectivity index (χ0) is 24.4. The van der Waals surface area contributed by atoms with Gasteiger partial charge in [-0.05, 0) is 13.8 Å². The first-order valence-corrected chi connectivity index (χ1v) is 9.83. The van der Waals surface area contributed by atoms with Gasteiger partial charge in [-0.3, -0.25) is 24.5 Å². The molecule has 32 heavy (non-hydrogen) atoms. The summed E-state index contributed by atoms with van der Waals surface area (Å²) in [7, 11) is 0. The maximum Gasteiger partial charge on any atom is 0.409 e. The van der Waals surface area contributed by atoms with Crippen molar-refractivity contribution in [3.63, 3.8) is 0 Å². The minimum atomic E-state index is -1.41. The average Bonchev–Trinajstić information content (AvgIpc) is 2.63. The first-order valence-electron chi connectivity index (χ1n) is 9.83. The average molecular weight is 463 g/mol. The number of carbonyl (C=O) groups excluding carboxylic acids is 5. The summed E-state index contributed by atoms with van der Waals surface area (Å²) in [6, 6.07) is 0. The minimum Gasteiger partial charge on any atom is -0.463 e. The molecule has 182 valence electrons. The number of rotatable bonds is 9. The van der Waals surface area contributed by atoms with Crippen LogP contribution in [-0.4, -0.2) is 80.1 Å². The monoisotopic (exact) mass is 463 g/mol. The largest absolute Gasteiger partial charge is 0.463 e. The predicted molar refractivity (Wildman–Crippen MR) is 103 cm³/mol. The van der Waals surface area contributed by atoms with Crippen LogP contribution in [0.1, 0.15) is 41.5 Å². The third-order valence-electron chi connectivity index (χ3n) is 3.88. The summed E-state index contributed by atoms with van der Waals surface area (Å²) in [6.45, 7) is 7.28. The van der Waals surface area contributed by atoms with E-state index in [2.05, 4.69) is 5.32 Å². The molecule has 1 aliphatic heterocycles. The van der Waals surface area contributed by atoms with Crippen LogP contribution in [0.5, 0.6) is 0 Å². The van der Waals surface area contributed by atoms with Crippen molar-refractivity contribution in [3.8, 4) is 0 Å². The van der Waals surface area contributed by atoms with E-state index >= 15 is 0 Å². The Hall–Kier alpha value is -2.93. The van der Waals surface area contributed by atoms with Gasteiger partial charge in [0.15, 0.2) is 18.3 Å². The van der Waals surface area contributed by atoms with Crippen molar-refractivity contribution < 1.29 is 57.1 Å². The van der Waals surface area contributed by atoms with Gasteiger partial charge in [0.05, 0.1) is 6.61 Å². The van der Waals surface area contributed by atoms with Gasteiger partial charge in [-0.25, -0.2) is 4.79 Å². The van der Waals surface area contributed by atoms with Crippen LogP contribution in [0.4, 0.5) is 4.79 Å². The maximum atomic E-state index is 11.7. The van der Waals surface area contributed by atoms with E-state index in [1.807, 2.05) is 0 Å². The highest BCUT2D eigenvalue weighted by Gasteiger charge is 2.53. The van der Waals surface area contributed by atoms with E-state index in [4.69, 9.17) is 33.2 Å². The Balaban J connectivity index is 3.26. The first kappa shape index (κ1) is 27.1. The standard InChI is InChI=1S/C19H29NO12/c1-7-26-19(25)20-9(2)28-18-17(31-13(6)24)16(30-12(5)23)15(29-11(4)22)14(32-18)8-27-10(3)21/h9,14-18H,7-8H2,1-6H3,(H,20,25)/t9?,14-,15-,16+,17-,18+/m1/s1. The van der Waals surface area contributed by atoms with Crippen molar-refractivity contribution >= 4 is 30.0 Å². The summed E-state index contributed by atoms with van der Waals surface area (Å²) in [5, 5.41) is 2.38. The van der Waals surface area contributed by atoms with Gasteiger partial charge >= 0.3 is 30.0 Å². The molecule has 1 amide bonds. The van der Waals surface area contributed by atoms with E-state index in [0.29, 0.717) is 0 Å². The quantitative estimate of drug-likeness (QED) is 0.281. The highest BCUT2D eigenvalue weighted by molar-refractivity contribution is 5.69. The molecule has 0 bridgehead atoms. The van der Waals surface area contributed by atoms with E-state index < -0.39 is 73.5 Å². The van der Waals surface area contributed by atoms with Gasteiger partial charge in [-0.15, -0.1) is 0 Å². The highest BCUT2D eigenvalue weighted by atomic mass is 16.7. The lowest BCUT2D eigenvalue weighted by molar-refractivity contribution is -0.317. The molecule has 1 fully saturated rings. The Bertz CT molecular complexity index is 696. The maximum absolute atomic E-state index is 11.7. The van der Waals surface area contributed by atoms with Crippen molar-refractivity contribution in [2.24, 2.45) is 0 Å². The van der Waals surface area contributed by atoms with Crippen LogP contribution in [0.3, 0.4) is 0 Å². The first-order chi connectivity index (χ1) is 14.9. The Labute approximate surface area is 184 Å². The van der Waals surface area contributed by atoms with Crippen molar-refractivity contribution in [3.05, 3.63) is 0 Å². The van der Waals surface area contributed by atoms with Gasteiger partial charge in [-0.2, -0.15) is 0 Å². The molecule has 13 heteroatoms. The van der Waals surface area contributed by atoms with Crippen molar-refractivity contribution in [2.75, 3.05) is 13.2 Å². The molecule has 0 saturated carbocycles. The molecule has 0 aromatic carbocycles. The molecule has 0 radical (unpaired) electrons. The molecular weight excluding hydrogens is 434 g/mol. The van der Waals surface area contributed by atoms with Crippen LogP contribution in [0.15, 0.2) is 0 Å². The lowest BCUT2D eigenvalue weighted by Gasteiger charge is -2.44. The molecule has 0 aromatic heterocycles. The van der Waals surface area contributed by atoms with E-state index in [1.54, 1.807) is 6.92 Å². The third-order valence-corrected chi connectivity index (χ3v) is 3.88. The molecule has 1 aliphatic rings. The SMILES string of the molecule is CCOC(=O)NC(C)O[C@H]1O[C@H](COC(C)=O)[C@@H](OC(C)=O)[C@H](OC(C)=O)[C@H]1OC(C)=O. The summed E-state index contributed by atoms with van der Waals surface area (Å²) in [5.41, 5.74) is 0. The zero-order valence-electron chi connectivity index (χ0n) is 18.8. The molecule has 1 heterocycles. The van der Waals surface area contributed by atoms with E-state index in [0.717, 1.165) is 27.7 Å². The molecule has 13 nitrogen and oxygen atoms in total. The van der Waals surface area contributed by atoms with Crippen LogP contribution in [0, 0.1) is 0 Å². The molecule has 1 saturated heterocycles. The molecule has 1 N–H and O–H groups in total. The van der Waals surface area contributed by atoms with Crippen LogP contribution in [0.25, 0.3) is 0 Å². The number of esters is 4. The third kappa shape index (κ3) is 9.06. The fraction of sp³-hybridized carbons (Fsp3) is 0.737. The molecule has 6 atom stereocenters. The molecule has 0 aliphatic carbocycles. The van der Waals surface area contributed by atoms with Crippen LogP contribution in [0.2, 0.25) is 0 Å². The van der Waals surface area contributed by atoms with Gasteiger partial charge in [0.1, 0.15) is 18.9 Å². The topological polar surface area (TPSA) is 162 Å². The van der Waals surface area contributed by atoms with Gasteiger partial charge in [-0.1, -0.05) is 0 Å².